The molecule has 1 amide bonds. The van der Waals surface area contributed by atoms with E-state index in [4.69, 9.17) is 9.47 Å². The van der Waals surface area contributed by atoms with Gasteiger partial charge in [0.15, 0.2) is 0 Å². The van der Waals surface area contributed by atoms with Crippen molar-refractivity contribution in [2.45, 2.75) is 46.1 Å². The first-order valence-corrected chi connectivity index (χ1v) is 6.07. The third-order valence-corrected chi connectivity index (χ3v) is 2.26. The van der Waals surface area contributed by atoms with Gasteiger partial charge in [0.1, 0.15) is 0 Å². The Bertz CT molecular complexity index is 296. The molecule has 0 fully saturated rings. The summed E-state index contributed by atoms with van der Waals surface area (Å²) >= 11 is 0. The molecule has 0 unspecified atom stereocenters. The van der Waals surface area contributed by atoms with Gasteiger partial charge in [0.2, 0.25) is 11.4 Å². The predicted octanol–water partition coefficient (Wildman–Crippen LogP) is 0.788. The highest BCUT2D eigenvalue weighted by molar-refractivity contribution is 6.07. The summed E-state index contributed by atoms with van der Waals surface area (Å²) in [6.07, 6.45) is 0.669. The minimum atomic E-state index is -1.73. The van der Waals surface area contributed by atoms with Gasteiger partial charge < -0.3 is 14.8 Å². The Kier molecular flexibility index (Phi) is 7.00. The summed E-state index contributed by atoms with van der Waals surface area (Å²) < 4.78 is 9.75. The molecule has 0 saturated carbocycles. The highest BCUT2D eigenvalue weighted by Crippen LogP contribution is 2.18. The van der Waals surface area contributed by atoms with Gasteiger partial charge in [0.05, 0.1) is 13.2 Å². The van der Waals surface area contributed by atoms with Crippen LogP contribution in [0.15, 0.2) is 0 Å². The van der Waals surface area contributed by atoms with E-state index < -0.39 is 23.4 Å². The zero-order chi connectivity index (χ0) is 14.2. The molecule has 0 radical (unpaired) electrons. The van der Waals surface area contributed by atoms with E-state index in [1.54, 1.807) is 20.8 Å². The molecule has 0 spiro atoms. The fraction of sp³-hybridized carbons (Fsp3) is 0.750. The lowest BCUT2D eigenvalue weighted by Gasteiger charge is -2.29. The number of amides is 1. The van der Waals surface area contributed by atoms with E-state index >= 15 is 0 Å². The van der Waals surface area contributed by atoms with Gasteiger partial charge >= 0.3 is 11.9 Å². The Morgan fingerprint density at radius 3 is 1.72 bits per heavy atom. The molecule has 18 heavy (non-hydrogen) atoms. The van der Waals surface area contributed by atoms with Crippen LogP contribution in [0, 0.1) is 0 Å². The molecule has 0 rings (SSSR count). The van der Waals surface area contributed by atoms with E-state index in [1.165, 1.54) is 6.92 Å². The van der Waals surface area contributed by atoms with Gasteiger partial charge in [-0.3, -0.25) is 4.79 Å². The zero-order valence-corrected chi connectivity index (χ0v) is 11.4. The van der Waals surface area contributed by atoms with Crippen LogP contribution in [0.5, 0.6) is 0 Å². The van der Waals surface area contributed by atoms with E-state index in [0.29, 0.717) is 6.42 Å². The van der Waals surface area contributed by atoms with Crippen molar-refractivity contribution in [2.75, 3.05) is 13.2 Å². The third-order valence-electron chi connectivity index (χ3n) is 2.26. The van der Waals surface area contributed by atoms with Crippen molar-refractivity contribution in [2.24, 2.45) is 0 Å². The maximum absolute atomic E-state index is 12.0. The van der Waals surface area contributed by atoms with Crippen molar-refractivity contribution in [3.05, 3.63) is 0 Å². The Labute approximate surface area is 107 Å². The van der Waals surface area contributed by atoms with Gasteiger partial charge in [0, 0.05) is 6.92 Å². The first kappa shape index (κ1) is 16.4. The molecule has 0 aliphatic rings. The topological polar surface area (TPSA) is 81.7 Å². The molecule has 6 nitrogen and oxygen atoms in total. The number of nitrogens with one attached hydrogen (secondary N) is 1. The lowest BCUT2D eigenvalue weighted by atomic mass is 9.93. The fourth-order valence-corrected chi connectivity index (χ4v) is 1.64. The summed E-state index contributed by atoms with van der Waals surface area (Å²) in [4.78, 5) is 35.2. The Balaban J connectivity index is 5.32. The molecule has 0 bridgehead atoms. The van der Waals surface area contributed by atoms with Crippen molar-refractivity contribution >= 4 is 17.8 Å². The minimum absolute atomic E-state index is 0.128. The van der Waals surface area contributed by atoms with Crippen molar-refractivity contribution in [1.29, 1.82) is 0 Å². The lowest BCUT2D eigenvalue weighted by molar-refractivity contribution is -0.168. The van der Waals surface area contributed by atoms with Crippen LogP contribution in [0.2, 0.25) is 0 Å². The summed E-state index contributed by atoms with van der Waals surface area (Å²) in [6, 6.07) is 0. The first-order valence-electron chi connectivity index (χ1n) is 6.07. The van der Waals surface area contributed by atoms with Gasteiger partial charge in [-0.15, -0.1) is 0 Å². The normalized spacial score (nSPS) is 10.7. The average Bonchev–Trinajstić information content (AvgIpc) is 2.28. The molecule has 0 saturated heterocycles. The van der Waals surface area contributed by atoms with E-state index in [1.807, 2.05) is 0 Å². The summed E-state index contributed by atoms with van der Waals surface area (Å²) in [5, 5.41) is 2.38. The number of rotatable bonds is 7. The molecular formula is C12H21NO5. The maximum atomic E-state index is 12.0. The van der Waals surface area contributed by atoms with E-state index in [9.17, 15) is 14.4 Å². The minimum Gasteiger partial charge on any atom is -0.464 e. The highest BCUT2D eigenvalue weighted by Gasteiger charge is 2.49. The molecule has 0 aliphatic carbocycles. The van der Waals surface area contributed by atoms with E-state index in [-0.39, 0.29) is 19.6 Å². The van der Waals surface area contributed by atoms with Crippen LogP contribution < -0.4 is 5.32 Å². The number of carbonyl (C=O) groups is 3. The number of hydrogen-bond acceptors (Lipinski definition) is 5. The standard InChI is InChI=1S/C12H21NO5/c1-5-8-12(13-9(4)14,10(15)17-6-2)11(16)18-7-3/h5-8H2,1-4H3,(H,13,14). The van der Waals surface area contributed by atoms with Crippen LogP contribution in [0.1, 0.15) is 40.5 Å². The van der Waals surface area contributed by atoms with Gasteiger partial charge in [-0.2, -0.15) is 0 Å². The summed E-state index contributed by atoms with van der Waals surface area (Å²) in [7, 11) is 0. The second-order valence-corrected chi connectivity index (χ2v) is 3.78. The molecule has 0 aromatic heterocycles. The molecule has 104 valence electrons. The largest absolute Gasteiger partial charge is 0.464 e. The van der Waals surface area contributed by atoms with Gasteiger partial charge in [-0.25, -0.2) is 9.59 Å². The summed E-state index contributed by atoms with van der Waals surface area (Å²) in [5.74, 6) is -2.04. The maximum Gasteiger partial charge on any atom is 0.343 e. The fourth-order valence-electron chi connectivity index (χ4n) is 1.64. The SMILES string of the molecule is CCCC(NC(C)=O)(C(=O)OCC)C(=O)OCC. The highest BCUT2D eigenvalue weighted by atomic mass is 16.6. The molecule has 1 N–H and O–H groups in total. The molecule has 0 aliphatic heterocycles. The average molecular weight is 259 g/mol. The lowest BCUT2D eigenvalue weighted by Crippen LogP contribution is -2.61. The Morgan fingerprint density at radius 1 is 1.00 bits per heavy atom. The van der Waals surface area contributed by atoms with Gasteiger partial charge in [-0.1, -0.05) is 13.3 Å². The van der Waals surface area contributed by atoms with Crippen molar-refractivity contribution in [3.8, 4) is 0 Å². The van der Waals surface area contributed by atoms with Crippen LogP contribution >= 0.6 is 0 Å². The number of hydrogen-bond donors (Lipinski definition) is 1. The van der Waals surface area contributed by atoms with Gasteiger partial charge in [-0.05, 0) is 20.3 Å². The first-order chi connectivity index (χ1) is 8.44. The molecule has 6 heteroatoms. The molecule has 0 atom stereocenters. The van der Waals surface area contributed by atoms with Crippen molar-refractivity contribution in [3.63, 3.8) is 0 Å². The van der Waals surface area contributed by atoms with Crippen molar-refractivity contribution < 1.29 is 23.9 Å². The Hall–Kier alpha value is -1.59. The number of esters is 2. The third kappa shape index (κ3) is 4.01. The molecule has 0 aromatic rings. The number of ether oxygens (including phenoxy) is 2. The number of carbonyl (C=O) groups excluding carboxylic acids is 3. The van der Waals surface area contributed by atoms with E-state index in [2.05, 4.69) is 5.32 Å². The second kappa shape index (κ2) is 7.68. The van der Waals surface area contributed by atoms with Crippen LogP contribution in [0.3, 0.4) is 0 Å². The summed E-state index contributed by atoms with van der Waals surface area (Å²) in [5.41, 5.74) is -1.73. The quantitative estimate of drug-likeness (QED) is 0.540. The van der Waals surface area contributed by atoms with Crippen LogP contribution in [-0.4, -0.2) is 36.6 Å². The molecule has 0 aromatic carbocycles. The van der Waals surface area contributed by atoms with E-state index in [0.717, 1.165) is 0 Å². The van der Waals surface area contributed by atoms with Crippen LogP contribution in [0.4, 0.5) is 0 Å². The predicted molar refractivity (Wildman–Crippen MR) is 64.7 cm³/mol. The smallest absolute Gasteiger partial charge is 0.343 e. The zero-order valence-electron chi connectivity index (χ0n) is 11.4. The van der Waals surface area contributed by atoms with Crippen LogP contribution in [0.25, 0.3) is 0 Å². The molecular weight excluding hydrogens is 238 g/mol. The molecule has 0 heterocycles. The van der Waals surface area contributed by atoms with Crippen molar-refractivity contribution in [1.82, 2.24) is 5.32 Å². The van der Waals surface area contributed by atoms with Crippen LogP contribution in [-0.2, 0) is 23.9 Å². The second-order valence-electron chi connectivity index (χ2n) is 3.78. The van der Waals surface area contributed by atoms with Gasteiger partial charge in [0.25, 0.3) is 0 Å². The monoisotopic (exact) mass is 259 g/mol. The summed E-state index contributed by atoms with van der Waals surface area (Å²) in [6.45, 7) is 6.56. The Morgan fingerprint density at radius 2 is 1.44 bits per heavy atom.